The maximum atomic E-state index is 6.26. The molecule has 0 spiro atoms. The average Bonchev–Trinajstić information content (AvgIpc) is 2.47. The van der Waals surface area contributed by atoms with E-state index < -0.39 is 0 Å². The monoisotopic (exact) mass is 306 g/mol. The van der Waals surface area contributed by atoms with Crippen molar-refractivity contribution >= 4 is 11.6 Å². The predicted octanol–water partition coefficient (Wildman–Crippen LogP) is 4.08. The molecule has 0 radical (unpaired) electrons. The number of methoxy groups -OCH3 is 1. The first kappa shape index (κ1) is 15.6. The number of para-hydroxylation sites is 1. The molecule has 1 aromatic carbocycles. The fourth-order valence-electron chi connectivity index (χ4n) is 2.23. The zero-order chi connectivity index (χ0) is 15.4. The van der Waals surface area contributed by atoms with Crippen molar-refractivity contribution < 1.29 is 9.47 Å². The topological polar surface area (TPSA) is 44.2 Å². The van der Waals surface area contributed by atoms with Gasteiger partial charge >= 0.3 is 0 Å². The number of hydrogen-bond acceptors (Lipinski definition) is 4. The molecule has 1 heterocycles. The highest BCUT2D eigenvalue weighted by Gasteiger charge is 2.17. The second-order valence-electron chi connectivity index (χ2n) is 4.53. The molecule has 2 aromatic rings. The maximum Gasteiger partial charge on any atom is 0.172 e. The van der Waals surface area contributed by atoms with Crippen molar-refractivity contribution in [1.82, 2.24) is 9.97 Å². The number of aromatic nitrogens is 2. The molecule has 0 unspecified atom stereocenters. The minimum atomic E-state index is 0.491. The van der Waals surface area contributed by atoms with Gasteiger partial charge in [-0.15, -0.1) is 0 Å². The average molecular weight is 307 g/mol. The number of aryl methyl sites for hydroxylation is 1. The summed E-state index contributed by atoms with van der Waals surface area (Å²) < 4.78 is 11.1. The molecule has 4 nitrogen and oxygen atoms in total. The lowest BCUT2D eigenvalue weighted by Crippen LogP contribution is -2.02. The third-order valence-corrected chi connectivity index (χ3v) is 3.56. The summed E-state index contributed by atoms with van der Waals surface area (Å²) in [5.41, 5.74) is 2.64. The highest BCUT2D eigenvalue weighted by molar-refractivity contribution is 6.30. The predicted molar refractivity (Wildman–Crippen MR) is 84.3 cm³/mol. The minimum absolute atomic E-state index is 0.491. The Morgan fingerprint density at radius 2 is 1.95 bits per heavy atom. The fourth-order valence-corrected chi connectivity index (χ4v) is 2.58. The summed E-state index contributed by atoms with van der Waals surface area (Å²) in [5.74, 6) is 1.85. The lowest BCUT2D eigenvalue weighted by molar-refractivity contribution is 0.312. The zero-order valence-corrected chi connectivity index (χ0v) is 13.5. The van der Waals surface area contributed by atoms with Gasteiger partial charge in [-0.25, -0.2) is 9.97 Å². The van der Waals surface area contributed by atoms with Crippen LogP contribution in [0.4, 0.5) is 0 Å². The second kappa shape index (κ2) is 6.76. The Bertz CT molecular complexity index is 621. The van der Waals surface area contributed by atoms with Crippen molar-refractivity contribution in [2.75, 3.05) is 13.7 Å². The van der Waals surface area contributed by atoms with Gasteiger partial charge in [-0.3, -0.25) is 0 Å². The molecule has 0 saturated carbocycles. The van der Waals surface area contributed by atoms with E-state index in [1.54, 1.807) is 7.11 Å². The van der Waals surface area contributed by atoms with Crippen LogP contribution in [0.2, 0.25) is 5.15 Å². The Balaban J connectivity index is 2.61. The number of nitrogens with zero attached hydrogens (tertiary/aromatic N) is 2. The molecule has 0 fully saturated rings. The second-order valence-corrected chi connectivity index (χ2v) is 4.88. The molecule has 0 N–H and O–H groups in total. The lowest BCUT2D eigenvalue weighted by atomic mass is 10.1. The maximum absolute atomic E-state index is 6.26. The van der Waals surface area contributed by atoms with Crippen LogP contribution < -0.4 is 9.47 Å². The number of benzene rings is 1. The van der Waals surface area contributed by atoms with Crippen LogP contribution in [0.3, 0.4) is 0 Å². The van der Waals surface area contributed by atoms with E-state index in [2.05, 4.69) is 9.97 Å². The van der Waals surface area contributed by atoms with Crippen molar-refractivity contribution in [3.8, 4) is 22.9 Å². The summed E-state index contributed by atoms with van der Waals surface area (Å²) in [7, 11) is 1.61. The van der Waals surface area contributed by atoms with Gasteiger partial charge in [0, 0.05) is 11.3 Å². The third kappa shape index (κ3) is 3.10. The molecule has 2 rings (SSSR count). The van der Waals surface area contributed by atoms with Gasteiger partial charge in [0.25, 0.3) is 0 Å². The normalized spacial score (nSPS) is 10.5. The first-order chi connectivity index (χ1) is 10.1. The quantitative estimate of drug-likeness (QED) is 0.781. The molecular weight excluding hydrogens is 288 g/mol. The molecule has 0 bridgehead atoms. The van der Waals surface area contributed by atoms with Gasteiger partial charge in [-0.05, 0) is 32.4 Å². The van der Waals surface area contributed by atoms with E-state index in [1.807, 2.05) is 39.0 Å². The molecule has 5 heteroatoms. The molecule has 0 amide bonds. The van der Waals surface area contributed by atoms with Crippen LogP contribution in [-0.4, -0.2) is 23.7 Å². The number of rotatable bonds is 5. The van der Waals surface area contributed by atoms with E-state index >= 15 is 0 Å². The van der Waals surface area contributed by atoms with Gasteiger partial charge in [0.15, 0.2) is 17.3 Å². The minimum Gasteiger partial charge on any atom is -0.493 e. The molecular formula is C16H19ClN2O2. The molecule has 112 valence electrons. The Morgan fingerprint density at radius 1 is 1.19 bits per heavy atom. The van der Waals surface area contributed by atoms with Gasteiger partial charge in [-0.2, -0.15) is 0 Å². The van der Waals surface area contributed by atoms with Gasteiger partial charge < -0.3 is 9.47 Å². The van der Waals surface area contributed by atoms with Crippen LogP contribution in [0, 0.1) is 6.92 Å². The summed E-state index contributed by atoms with van der Waals surface area (Å²) >= 11 is 6.26. The van der Waals surface area contributed by atoms with Crippen LogP contribution >= 0.6 is 11.6 Å². The van der Waals surface area contributed by atoms with E-state index in [-0.39, 0.29) is 0 Å². The standard InChI is InChI=1S/C16H19ClN2O2/c1-5-11-10(3)18-16(19-15(11)17)12-8-7-9-13(20-4)14(12)21-6-2/h7-9H,5-6H2,1-4H3. The SMILES string of the molecule is CCOc1c(OC)cccc1-c1nc(C)c(CC)c(Cl)n1. The molecule has 0 atom stereocenters. The zero-order valence-electron chi connectivity index (χ0n) is 12.7. The Labute approximate surface area is 130 Å². The first-order valence-corrected chi connectivity index (χ1v) is 7.33. The van der Waals surface area contributed by atoms with Crippen LogP contribution in [0.1, 0.15) is 25.1 Å². The largest absolute Gasteiger partial charge is 0.493 e. The van der Waals surface area contributed by atoms with Crippen molar-refractivity contribution in [1.29, 1.82) is 0 Å². The van der Waals surface area contributed by atoms with E-state index in [1.165, 1.54) is 0 Å². The van der Waals surface area contributed by atoms with Gasteiger partial charge in [0.1, 0.15) is 5.15 Å². The third-order valence-electron chi connectivity index (χ3n) is 3.25. The molecule has 1 aromatic heterocycles. The van der Waals surface area contributed by atoms with E-state index in [0.29, 0.717) is 29.1 Å². The van der Waals surface area contributed by atoms with Gasteiger partial charge in [-0.1, -0.05) is 24.6 Å². The van der Waals surface area contributed by atoms with Gasteiger partial charge in [0.05, 0.1) is 19.3 Å². The van der Waals surface area contributed by atoms with Crippen molar-refractivity contribution in [3.05, 3.63) is 34.6 Å². The molecule has 0 aliphatic carbocycles. The summed E-state index contributed by atoms with van der Waals surface area (Å²) in [5, 5.41) is 0.491. The summed E-state index contributed by atoms with van der Waals surface area (Å²) in [6.07, 6.45) is 0.807. The van der Waals surface area contributed by atoms with E-state index in [0.717, 1.165) is 23.2 Å². The number of ether oxygens (including phenoxy) is 2. The fraction of sp³-hybridized carbons (Fsp3) is 0.375. The highest BCUT2D eigenvalue weighted by atomic mass is 35.5. The summed E-state index contributed by atoms with van der Waals surface area (Å²) in [4.78, 5) is 8.97. The summed E-state index contributed by atoms with van der Waals surface area (Å²) in [6, 6.07) is 5.64. The van der Waals surface area contributed by atoms with Crippen molar-refractivity contribution in [2.45, 2.75) is 27.2 Å². The Hall–Kier alpha value is -1.81. The van der Waals surface area contributed by atoms with Gasteiger partial charge in [0.2, 0.25) is 0 Å². The number of halogens is 1. The van der Waals surface area contributed by atoms with Crippen LogP contribution in [0.5, 0.6) is 11.5 Å². The highest BCUT2D eigenvalue weighted by Crippen LogP contribution is 2.37. The van der Waals surface area contributed by atoms with E-state index in [4.69, 9.17) is 21.1 Å². The van der Waals surface area contributed by atoms with Crippen LogP contribution in [0.25, 0.3) is 11.4 Å². The smallest absolute Gasteiger partial charge is 0.172 e. The molecule has 21 heavy (non-hydrogen) atoms. The van der Waals surface area contributed by atoms with Crippen LogP contribution in [0.15, 0.2) is 18.2 Å². The molecule has 0 aliphatic heterocycles. The van der Waals surface area contributed by atoms with E-state index in [9.17, 15) is 0 Å². The Kier molecular flexibility index (Phi) is 5.02. The number of hydrogen-bond donors (Lipinski definition) is 0. The Morgan fingerprint density at radius 3 is 2.52 bits per heavy atom. The molecule has 0 aliphatic rings. The first-order valence-electron chi connectivity index (χ1n) is 6.95. The molecule has 0 saturated heterocycles. The van der Waals surface area contributed by atoms with Crippen LogP contribution in [-0.2, 0) is 6.42 Å². The lowest BCUT2D eigenvalue weighted by Gasteiger charge is -2.14. The van der Waals surface area contributed by atoms with Crippen molar-refractivity contribution in [2.24, 2.45) is 0 Å². The summed E-state index contributed by atoms with van der Waals surface area (Å²) in [6.45, 7) is 6.44. The van der Waals surface area contributed by atoms with Crippen molar-refractivity contribution in [3.63, 3.8) is 0 Å².